The standard InChI is InChI=1S/C16H27NO/c1-5-6-7-8-18-12-16(17-4)15-10-13(2)9-14(3)11-15/h9-11,16-17H,5-8,12H2,1-4H3. The highest BCUT2D eigenvalue weighted by molar-refractivity contribution is 5.30. The summed E-state index contributed by atoms with van der Waals surface area (Å²) in [6.45, 7) is 8.13. The largest absolute Gasteiger partial charge is 0.379 e. The average Bonchev–Trinajstić information content (AvgIpc) is 2.32. The number of hydrogen-bond acceptors (Lipinski definition) is 2. The molecule has 102 valence electrons. The normalized spacial score (nSPS) is 12.7. The van der Waals surface area contributed by atoms with Gasteiger partial charge in [-0.1, -0.05) is 49.1 Å². The van der Waals surface area contributed by atoms with Crippen molar-refractivity contribution in [1.82, 2.24) is 5.32 Å². The van der Waals surface area contributed by atoms with Gasteiger partial charge in [0.05, 0.1) is 12.6 Å². The van der Waals surface area contributed by atoms with Crippen LogP contribution in [0.3, 0.4) is 0 Å². The molecule has 0 radical (unpaired) electrons. The van der Waals surface area contributed by atoms with Crippen LogP contribution in [0.5, 0.6) is 0 Å². The molecule has 1 atom stereocenters. The quantitative estimate of drug-likeness (QED) is 0.708. The van der Waals surface area contributed by atoms with Gasteiger partial charge in [0.25, 0.3) is 0 Å². The molecule has 1 rings (SSSR count). The SMILES string of the molecule is CCCCCOCC(NC)c1cc(C)cc(C)c1. The summed E-state index contributed by atoms with van der Waals surface area (Å²) in [6.07, 6.45) is 3.67. The second-order valence-corrected chi connectivity index (χ2v) is 5.04. The molecule has 0 saturated carbocycles. The maximum absolute atomic E-state index is 5.76. The molecular formula is C16H27NO. The fraction of sp³-hybridized carbons (Fsp3) is 0.625. The van der Waals surface area contributed by atoms with Gasteiger partial charge in [0.15, 0.2) is 0 Å². The van der Waals surface area contributed by atoms with Crippen LogP contribution in [0.2, 0.25) is 0 Å². The number of benzene rings is 1. The lowest BCUT2D eigenvalue weighted by atomic mass is 10.0. The molecule has 0 spiro atoms. The van der Waals surface area contributed by atoms with E-state index < -0.39 is 0 Å². The van der Waals surface area contributed by atoms with Crippen LogP contribution in [0, 0.1) is 13.8 Å². The van der Waals surface area contributed by atoms with E-state index in [1.54, 1.807) is 0 Å². The van der Waals surface area contributed by atoms with E-state index in [2.05, 4.69) is 44.3 Å². The molecule has 2 heteroatoms. The Morgan fingerprint density at radius 1 is 1.11 bits per heavy atom. The van der Waals surface area contributed by atoms with Gasteiger partial charge in [0, 0.05) is 6.61 Å². The molecule has 2 nitrogen and oxygen atoms in total. The number of rotatable bonds is 8. The first-order valence-corrected chi connectivity index (χ1v) is 7.00. The highest BCUT2D eigenvalue weighted by Crippen LogP contribution is 2.17. The zero-order valence-corrected chi connectivity index (χ0v) is 12.3. The van der Waals surface area contributed by atoms with Crippen molar-refractivity contribution >= 4 is 0 Å². The zero-order chi connectivity index (χ0) is 13.4. The lowest BCUT2D eigenvalue weighted by molar-refractivity contribution is 0.110. The maximum atomic E-state index is 5.76. The number of unbranched alkanes of at least 4 members (excludes halogenated alkanes) is 2. The Kier molecular flexibility index (Phi) is 6.99. The van der Waals surface area contributed by atoms with E-state index in [4.69, 9.17) is 4.74 Å². The van der Waals surface area contributed by atoms with Crippen LogP contribution in [0.4, 0.5) is 0 Å². The molecule has 1 aromatic carbocycles. The first-order valence-electron chi connectivity index (χ1n) is 7.00. The fourth-order valence-electron chi connectivity index (χ4n) is 2.21. The molecule has 0 aliphatic carbocycles. The molecule has 0 heterocycles. The molecule has 0 saturated heterocycles. The fourth-order valence-corrected chi connectivity index (χ4v) is 2.21. The van der Waals surface area contributed by atoms with Crippen LogP contribution in [0.25, 0.3) is 0 Å². The van der Waals surface area contributed by atoms with Crippen LogP contribution in [-0.4, -0.2) is 20.3 Å². The second kappa shape index (κ2) is 8.28. The van der Waals surface area contributed by atoms with Crippen molar-refractivity contribution in [3.05, 3.63) is 34.9 Å². The van der Waals surface area contributed by atoms with E-state index in [9.17, 15) is 0 Å². The summed E-state index contributed by atoms with van der Waals surface area (Å²) in [5, 5.41) is 3.34. The van der Waals surface area contributed by atoms with Gasteiger partial charge in [-0.05, 0) is 32.9 Å². The van der Waals surface area contributed by atoms with Gasteiger partial charge in [-0.3, -0.25) is 0 Å². The molecule has 0 aliphatic heterocycles. The Balaban J connectivity index is 2.49. The van der Waals surface area contributed by atoms with Crippen LogP contribution in [0.15, 0.2) is 18.2 Å². The molecule has 18 heavy (non-hydrogen) atoms. The van der Waals surface area contributed by atoms with Crippen molar-refractivity contribution in [3.63, 3.8) is 0 Å². The Labute approximate surface area is 112 Å². The second-order valence-electron chi connectivity index (χ2n) is 5.04. The first-order chi connectivity index (χ1) is 8.67. The van der Waals surface area contributed by atoms with E-state index in [0.29, 0.717) is 6.04 Å². The average molecular weight is 249 g/mol. The Morgan fingerprint density at radius 3 is 2.33 bits per heavy atom. The number of ether oxygens (including phenoxy) is 1. The van der Waals surface area contributed by atoms with Gasteiger partial charge in [-0.25, -0.2) is 0 Å². The highest BCUT2D eigenvalue weighted by Gasteiger charge is 2.09. The number of nitrogens with one attached hydrogen (secondary N) is 1. The molecule has 0 aromatic heterocycles. The van der Waals surface area contributed by atoms with Crippen molar-refractivity contribution in [2.24, 2.45) is 0 Å². The van der Waals surface area contributed by atoms with E-state index in [-0.39, 0.29) is 0 Å². The molecule has 0 bridgehead atoms. The summed E-state index contributed by atoms with van der Waals surface area (Å²) in [4.78, 5) is 0. The Bertz CT molecular complexity index is 329. The third-order valence-electron chi connectivity index (χ3n) is 3.17. The van der Waals surface area contributed by atoms with Crippen molar-refractivity contribution in [3.8, 4) is 0 Å². The topological polar surface area (TPSA) is 21.3 Å². The van der Waals surface area contributed by atoms with Crippen molar-refractivity contribution < 1.29 is 4.74 Å². The van der Waals surface area contributed by atoms with Gasteiger partial charge < -0.3 is 10.1 Å². The van der Waals surface area contributed by atoms with Gasteiger partial charge >= 0.3 is 0 Å². The Morgan fingerprint density at radius 2 is 1.78 bits per heavy atom. The van der Waals surface area contributed by atoms with Crippen LogP contribution in [0.1, 0.15) is 48.9 Å². The number of hydrogen-bond donors (Lipinski definition) is 1. The van der Waals surface area contributed by atoms with E-state index >= 15 is 0 Å². The molecule has 0 aliphatic rings. The lowest BCUT2D eigenvalue weighted by Crippen LogP contribution is -2.22. The molecule has 1 N–H and O–H groups in total. The molecular weight excluding hydrogens is 222 g/mol. The monoisotopic (exact) mass is 249 g/mol. The van der Waals surface area contributed by atoms with Crippen LogP contribution in [-0.2, 0) is 4.74 Å². The van der Waals surface area contributed by atoms with Gasteiger partial charge in [-0.15, -0.1) is 0 Å². The van der Waals surface area contributed by atoms with Gasteiger partial charge in [-0.2, -0.15) is 0 Å². The summed E-state index contributed by atoms with van der Waals surface area (Å²) in [6, 6.07) is 6.98. The van der Waals surface area contributed by atoms with Gasteiger partial charge in [0.1, 0.15) is 0 Å². The lowest BCUT2D eigenvalue weighted by Gasteiger charge is -2.18. The minimum atomic E-state index is 0.297. The van der Waals surface area contributed by atoms with E-state index in [0.717, 1.165) is 13.2 Å². The summed E-state index contributed by atoms with van der Waals surface area (Å²) < 4.78 is 5.76. The highest BCUT2D eigenvalue weighted by atomic mass is 16.5. The summed E-state index contributed by atoms with van der Waals surface area (Å²) >= 11 is 0. The summed E-state index contributed by atoms with van der Waals surface area (Å²) in [7, 11) is 2.00. The Hall–Kier alpha value is -0.860. The van der Waals surface area contributed by atoms with E-state index in [1.807, 2.05) is 7.05 Å². The summed E-state index contributed by atoms with van der Waals surface area (Å²) in [5.41, 5.74) is 3.96. The minimum absolute atomic E-state index is 0.297. The minimum Gasteiger partial charge on any atom is -0.379 e. The predicted octanol–water partition coefficient (Wildman–Crippen LogP) is 3.77. The zero-order valence-electron chi connectivity index (χ0n) is 12.3. The smallest absolute Gasteiger partial charge is 0.0661 e. The predicted molar refractivity (Wildman–Crippen MR) is 78.1 cm³/mol. The molecule has 1 aromatic rings. The van der Waals surface area contributed by atoms with Crippen molar-refractivity contribution in [1.29, 1.82) is 0 Å². The van der Waals surface area contributed by atoms with Crippen molar-refractivity contribution in [2.75, 3.05) is 20.3 Å². The maximum Gasteiger partial charge on any atom is 0.0661 e. The molecule has 0 amide bonds. The van der Waals surface area contributed by atoms with Crippen LogP contribution >= 0.6 is 0 Å². The molecule has 1 unspecified atom stereocenters. The number of likely N-dealkylation sites (N-methyl/N-ethyl adjacent to an activating group) is 1. The van der Waals surface area contributed by atoms with Gasteiger partial charge in [0.2, 0.25) is 0 Å². The molecule has 0 fully saturated rings. The van der Waals surface area contributed by atoms with E-state index in [1.165, 1.54) is 36.0 Å². The number of aryl methyl sites for hydroxylation is 2. The van der Waals surface area contributed by atoms with Crippen molar-refractivity contribution in [2.45, 2.75) is 46.1 Å². The summed E-state index contributed by atoms with van der Waals surface area (Å²) in [5.74, 6) is 0. The van der Waals surface area contributed by atoms with Crippen LogP contribution < -0.4 is 5.32 Å². The third kappa shape index (κ3) is 5.19. The third-order valence-corrected chi connectivity index (χ3v) is 3.17. The first kappa shape index (κ1) is 15.2.